The first-order chi connectivity index (χ1) is 15.2. The summed E-state index contributed by atoms with van der Waals surface area (Å²) in [6, 6.07) is 12.4. The van der Waals surface area contributed by atoms with E-state index in [1.165, 1.54) is 22.7 Å². The van der Waals surface area contributed by atoms with Gasteiger partial charge in [0, 0.05) is 18.1 Å². The lowest BCUT2D eigenvalue weighted by atomic mass is 10.1. The topological polar surface area (TPSA) is 69.7 Å². The van der Waals surface area contributed by atoms with E-state index in [9.17, 15) is 13.2 Å². The molecular weight excluding hydrogens is 446 g/mol. The molecule has 8 heteroatoms. The van der Waals surface area contributed by atoms with Gasteiger partial charge in [-0.1, -0.05) is 48.9 Å². The van der Waals surface area contributed by atoms with Gasteiger partial charge in [-0.3, -0.25) is 14.0 Å². The number of rotatable bonds is 9. The largest absolute Gasteiger partial charge is 0.350 e. The first-order valence-electron chi connectivity index (χ1n) is 11.0. The van der Waals surface area contributed by atoms with E-state index in [0.29, 0.717) is 23.7 Å². The Kier molecular flexibility index (Phi) is 8.20. The fourth-order valence-corrected chi connectivity index (χ4v) is 5.63. The number of halogens is 1. The third-order valence-corrected chi connectivity index (χ3v) is 7.20. The van der Waals surface area contributed by atoms with Gasteiger partial charge in [0.1, 0.15) is 6.04 Å². The fraction of sp³-hybridized carbons (Fsp3) is 0.458. The Morgan fingerprint density at radius 2 is 1.84 bits per heavy atom. The van der Waals surface area contributed by atoms with Crippen LogP contribution in [0.25, 0.3) is 0 Å². The molecule has 0 saturated carbocycles. The second-order valence-corrected chi connectivity index (χ2v) is 10.7. The third kappa shape index (κ3) is 6.24. The van der Waals surface area contributed by atoms with Crippen LogP contribution in [0.15, 0.2) is 42.5 Å². The zero-order chi connectivity index (χ0) is 23.3. The maximum Gasteiger partial charge on any atom is 0.244 e. The molecule has 6 nitrogen and oxygen atoms in total. The van der Waals surface area contributed by atoms with Crippen molar-refractivity contribution in [1.82, 2.24) is 10.2 Å². The van der Waals surface area contributed by atoms with Crippen LogP contribution in [0, 0.1) is 6.92 Å². The van der Waals surface area contributed by atoms with E-state index in [0.717, 1.165) is 37.0 Å². The van der Waals surface area contributed by atoms with Crippen LogP contribution >= 0.6 is 11.6 Å². The third-order valence-electron chi connectivity index (χ3n) is 5.80. The number of carbonyl (C=O) groups is 1. The van der Waals surface area contributed by atoms with Crippen molar-refractivity contribution in [3.63, 3.8) is 0 Å². The van der Waals surface area contributed by atoms with Crippen molar-refractivity contribution in [2.24, 2.45) is 0 Å². The highest BCUT2D eigenvalue weighted by Crippen LogP contribution is 2.29. The first-order valence-corrected chi connectivity index (χ1v) is 13.2. The Bertz CT molecular complexity index is 1050. The average molecular weight is 478 g/mol. The number of likely N-dealkylation sites (tertiary alicyclic amines) is 1. The Balaban J connectivity index is 1.75. The summed E-state index contributed by atoms with van der Waals surface area (Å²) >= 11 is 6.13. The van der Waals surface area contributed by atoms with E-state index >= 15 is 0 Å². The number of aryl methyl sites for hydroxylation is 1. The number of hydrogen-bond acceptors (Lipinski definition) is 4. The molecule has 1 saturated heterocycles. The van der Waals surface area contributed by atoms with Crippen molar-refractivity contribution in [1.29, 1.82) is 0 Å². The molecule has 1 aliphatic rings. The van der Waals surface area contributed by atoms with Crippen LogP contribution in [0.2, 0.25) is 5.02 Å². The van der Waals surface area contributed by atoms with Crippen molar-refractivity contribution in [2.75, 3.05) is 23.7 Å². The summed E-state index contributed by atoms with van der Waals surface area (Å²) in [4.78, 5) is 15.5. The number of sulfonamides is 1. The molecule has 2 aromatic carbocycles. The van der Waals surface area contributed by atoms with Gasteiger partial charge in [0.2, 0.25) is 15.9 Å². The van der Waals surface area contributed by atoms with Crippen molar-refractivity contribution in [3.8, 4) is 0 Å². The number of benzene rings is 2. The van der Waals surface area contributed by atoms with Crippen LogP contribution in [0.5, 0.6) is 0 Å². The summed E-state index contributed by atoms with van der Waals surface area (Å²) in [6.45, 7) is 7.12. The Hall–Kier alpha value is -2.09. The standard InChI is InChI=1S/C24H32ClN3O3S/c1-4-22(28(32(3,30)31)23-15-21(25)11-10-18(23)2)24(29)26-16-19-8-7-9-20(14-19)17-27-12-5-6-13-27/h7-11,14-15,22H,4-6,12-13,16-17H2,1-3H3,(H,26,29)/t22-/m0/s1. The molecule has 174 valence electrons. The highest BCUT2D eigenvalue weighted by molar-refractivity contribution is 7.92. The minimum atomic E-state index is -3.71. The van der Waals surface area contributed by atoms with Gasteiger partial charge in [-0.05, 0) is 68.1 Å². The zero-order valence-corrected chi connectivity index (χ0v) is 20.5. The number of nitrogens with zero attached hydrogens (tertiary/aromatic N) is 2. The molecule has 1 fully saturated rings. The maximum absolute atomic E-state index is 13.1. The number of hydrogen-bond donors (Lipinski definition) is 1. The Labute approximate surface area is 196 Å². The molecule has 1 N–H and O–H groups in total. The molecular formula is C24H32ClN3O3S. The van der Waals surface area contributed by atoms with Gasteiger partial charge in [-0.2, -0.15) is 0 Å². The quantitative estimate of drug-likeness (QED) is 0.590. The summed E-state index contributed by atoms with van der Waals surface area (Å²) in [5, 5.41) is 3.36. The van der Waals surface area contributed by atoms with Gasteiger partial charge in [0.15, 0.2) is 0 Å². The number of carbonyl (C=O) groups excluding carboxylic acids is 1. The molecule has 1 heterocycles. The van der Waals surface area contributed by atoms with Crippen LogP contribution in [0.1, 0.15) is 42.9 Å². The SMILES string of the molecule is CC[C@@H](C(=O)NCc1cccc(CN2CCCC2)c1)N(c1cc(Cl)ccc1C)S(C)(=O)=O. The van der Waals surface area contributed by atoms with E-state index < -0.39 is 16.1 Å². The van der Waals surface area contributed by atoms with Crippen molar-refractivity contribution in [3.05, 3.63) is 64.2 Å². The maximum atomic E-state index is 13.1. The van der Waals surface area contributed by atoms with Gasteiger partial charge in [-0.15, -0.1) is 0 Å². The molecule has 1 aliphatic heterocycles. The normalized spacial score (nSPS) is 15.5. The van der Waals surface area contributed by atoms with Crippen molar-refractivity contribution in [2.45, 2.75) is 52.2 Å². The van der Waals surface area contributed by atoms with Crippen molar-refractivity contribution >= 4 is 33.2 Å². The lowest BCUT2D eigenvalue weighted by Crippen LogP contribution is -2.49. The van der Waals surface area contributed by atoms with Gasteiger partial charge in [0.25, 0.3) is 0 Å². The van der Waals surface area contributed by atoms with Gasteiger partial charge in [0.05, 0.1) is 11.9 Å². The van der Waals surface area contributed by atoms with Crippen LogP contribution < -0.4 is 9.62 Å². The van der Waals surface area contributed by atoms with Gasteiger partial charge in [-0.25, -0.2) is 8.42 Å². The summed E-state index contributed by atoms with van der Waals surface area (Å²) in [7, 11) is -3.71. The lowest BCUT2D eigenvalue weighted by Gasteiger charge is -2.31. The molecule has 0 aliphatic carbocycles. The second kappa shape index (κ2) is 10.7. The predicted molar refractivity (Wildman–Crippen MR) is 130 cm³/mol. The van der Waals surface area contributed by atoms with Gasteiger partial charge < -0.3 is 5.32 Å². The fourth-order valence-electron chi connectivity index (χ4n) is 4.20. The first kappa shape index (κ1) is 24.6. The molecule has 32 heavy (non-hydrogen) atoms. The highest BCUT2D eigenvalue weighted by Gasteiger charge is 2.32. The number of amides is 1. The minimum absolute atomic E-state index is 0.331. The summed E-state index contributed by atoms with van der Waals surface area (Å²) in [5.41, 5.74) is 3.38. The molecule has 0 spiro atoms. The van der Waals surface area contributed by atoms with Crippen LogP contribution in [0.3, 0.4) is 0 Å². The van der Waals surface area contributed by atoms with E-state index in [-0.39, 0.29) is 5.91 Å². The summed E-state index contributed by atoms with van der Waals surface area (Å²) < 4.78 is 26.6. The van der Waals surface area contributed by atoms with E-state index in [2.05, 4.69) is 22.3 Å². The molecule has 1 atom stereocenters. The molecule has 1 amide bonds. The number of anilines is 1. The molecule has 3 rings (SSSR count). The monoisotopic (exact) mass is 477 g/mol. The van der Waals surface area contributed by atoms with Crippen molar-refractivity contribution < 1.29 is 13.2 Å². The molecule has 2 aromatic rings. The Morgan fingerprint density at radius 3 is 2.50 bits per heavy atom. The number of nitrogens with one attached hydrogen (secondary N) is 1. The highest BCUT2D eigenvalue weighted by atomic mass is 35.5. The second-order valence-electron chi connectivity index (χ2n) is 8.43. The van der Waals surface area contributed by atoms with E-state index in [4.69, 9.17) is 11.6 Å². The Morgan fingerprint density at radius 1 is 1.16 bits per heavy atom. The average Bonchev–Trinajstić information content (AvgIpc) is 3.24. The smallest absolute Gasteiger partial charge is 0.244 e. The van der Waals surface area contributed by atoms with Crippen LogP contribution in [-0.2, 0) is 27.9 Å². The summed E-state index contributed by atoms with van der Waals surface area (Å²) in [6.07, 6.45) is 3.94. The van der Waals surface area contributed by atoms with E-state index in [1.54, 1.807) is 32.0 Å². The van der Waals surface area contributed by atoms with E-state index in [1.807, 2.05) is 12.1 Å². The molecule has 0 radical (unpaired) electrons. The van der Waals surface area contributed by atoms with Crippen LogP contribution in [0.4, 0.5) is 5.69 Å². The lowest BCUT2D eigenvalue weighted by molar-refractivity contribution is -0.122. The zero-order valence-electron chi connectivity index (χ0n) is 19.0. The molecule has 0 bridgehead atoms. The predicted octanol–water partition coefficient (Wildman–Crippen LogP) is 4.11. The minimum Gasteiger partial charge on any atom is -0.350 e. The van der Waals surface area contributed by atoms with Gasteiger partial charge >= 0.3 is 0 Å². The summed E-state index contributed by atoms with van der Waals surface area (Å²) in [5.74, 6) is -0.331. The van der Waals surface area contributed by atoms with Crippen LogP contribution in [-0.4, -0.2) is 44.6 Å². The molecule has 0 unspecified atom stereocenters. The molecule has 0 aromatic heterocycles.